The molecule has 1 aliphatic carbocycles. The average molecular weight is 438 g/mol. The fourth-order valence-corrected chi connectivity index (χ4v) is 6.48. The minimum absolute atomic E-state index is 0.0733. The van der Waals surface area contributed by atoms with Crippen LogP contribution in [0.2, 0.25) is 0 Å². The molecule has 160 valence electrons. The summed E-state index contributed by atoms with van der Waals surface area (Å²) < 4.78 is 27.0. The van der Waals surface area contributed by atoms with Gasteiger partial charge in [-0.1, -0.05) is 6.92 Å². The number of pyridine rings is 1. The Morgan fingerprint density at radius 1 is 1.32 bits per heavy atom. The molecule has 0 amide bonds. The lowest BCUT2D eigenvalue weighted by Gasteiger charge is -2.14. The lowest BCUT2D eigenvalue weighted by atomic mass is 9.98. The van der Waals surface area contributed by atoms with E-state index in [1.54, 1.807) is 36.0 Å². The molecule has 1 fully saturated rings. The number of aromatic nitrogens is 3. The van der Waals surface area contributed by atoms with Gasteiger partial charge in [0.15, 0.2) is 15.7 Å². The van der Waals surface area contributed by atoms with Gasteiger partial charge in [-0.3, -0.25) is 9.48 Å². The van der Waals surface area contributed by atoms with Crippen LogP contribution < -0.4 is 10.9 Å². The molecule has 1 aromatic carbocycles. The smallest absolute Gasteiger partial charge is 0.261 e. The molecule has 3 heterocycles. The maximum Gasteiger partial charge on any atom is 0.261 e. The lowest BCUT2D eigenvalue weighted by Crippen LogP contribution is -2.14. The van der Waals surface area contributed by atoms with Gasteiger partial charge in [0.1, 0.15) is 5.39 Å². The number of benzene rings is 1. The van der Waals surface area contributed by atoms with Crippen LogP contribution in [0.5, 0.6) is 0 Å². The van der Waals surface area contributed by atoms with E-state index in [4.69, 9.17) is 5.10 Å². The summed E-state index contributed by atoms with van der Waals surface area (Å²) >= 11 is 0. The second-order valence-corrected chi connectivity index (χ2v) is 10.8. The normalized spacial score (nSPS) is 22.7. The quantitative estimate of drug-likeness (QED) is 0.629. The van der Waals surface area contributed by atoms with Crippen LogP contribution in [0.25, 0.3) is 10.9 Å². The van der Waals surface area contributed by atoms with Gasteiger partial charge >= 0.3 is 0 Å². The molecule has 2 N–H and O–H groups in total. The topological polar surface area (TPSA) is 121 Å². The van der Waals surface area contributed by atoms with Crippen molar-refractivity contribution < 1.29 is 8.42 Å². The number of fused-ring (bicyclic) bond motifs is 2. The van der Waals surface area contributed by atoms with Gasteiger partial charge in [0.25, 0.3) is 5.56 Å². The van der Waals surface area contributed by atoms with Gasteiger partial charge in [0, 0.05) is 11.9 Å². The number of anilines is 2. The zero-order valence-electron chi connectivity index (χ0n) is 17.3. The lowest BCUT2D eigenvalue weighted by molar-refractivity contribution is 0.426. The van der Waals surface area contributed by atoms with Crippen LogP contribution in [0.3, 0.4) is 0 Å². The van der Waals surface area contributed by atoms with E-state index in [1.165, 1.54) is 0 Å². The van der Waals surface area contributed by atoms with Crippen molar-refractivity contribution in [2.24, 2.45) is 5.92 Å². The van der Waals surface area contributed by atoms with E-state index in [1.807, 2.05) is 13.0 Å². The van der Waals surface area contributed by atoms with E-state index in [0.29, 0.717) is 39.6 Å². The Morgan fingerprint density at radius 2 is 2.10 bits per heavy atom. The van der Waals surface area contributed by atoms with Crippen molar-refractivity contribution in [1.29, 1.82) is 5.26 Å². The van der Waals surface area contributed by atoms with Gasteiger partial charge in [-0.05, 0) is 61.4 Å². The van der Waals surface area contributed by atoms with E-state index < -0.39 is 15.1 Å². The molecule has 9 heteroatoms. The van der Waals surface area contributed by atoms with E-state index in [2.05, 4.69) is 16.4 Å². The zero-order valence-corrected chi connectivity index (χ0v) is 18.1. The van der Waals surface area contributed by atoms with Crippen LogP contribution in [0.15, 0.2) is 40.2 Å². The van der Waals surface area contributed by atoms with Crippen molar-refractivity contribution in [2.75, 3.05) is 5.32 Å². The summed E-state index contributed by atoms with van der Waals surface area (Å²) in [6.07, 6.45) is 4.02. The van der Waals surface area contributed by atoms with Crippen molar-refractivity contribution in [3.8, 4) is 6.07 Å². The minimum atomic E-state index is -3.31. The summed E-state index contributed by atoms with van der Waals surface area (Å²) in [4.78, 5) is 15.7. The second-order valence-electron chi connectivity index (χ2n) is 8.54. The first-order valence-electron chi connectivity index (χ1n) is 10.4. The molecule has 1 unspecified atom stereocenters. The highest BCUT2D eigenvalue weighted by molar-refractivity contribution is 7.92. The van der Waals surface area contributed by atoms with Crippen molar-refractivity contribution in [3.05, 3.63) is 46.4 Å². The number of nitriles is 1. The number of rotatable bonds is 5. The molecule has 1 aliphatic heterocycles. The fraction of sp³-hybridized carbons (Fsp3) is 0.409. The van der Waals surface area contributed by atoms with Crippen molar-refractivity contribution in [3.63, 3.8) is 0 Å². The standard InChI is InChI=1S/C22H23N5O3S/c1-12-13(2)31(29,30)19-6-5-15(11-16(12)19)25-21-20-18(8-10-24-22(20)28)27(26-21)17(7-9-23)14-3-4-14/h5-6,8,10-14,17H,3-4,7H2,1-2H3,(H,24,28)(H,25,26)/t12-,13+,17?/m1/s1. The number of nitrogens with zero attached hydrogens (tertiary/aromatic N) is 3. The van der Waals surface area contributed by atoms with E-state index in [-0.39, 0.29) is 17.5 Å². The highest BCUT2D eigenvalue weighted by atomic mass is 32.2. The number of sulfone groups is 1. The predicted octanol–water partition coefficient (Wildman–Crippen LogP) is 3.61. The van der Waals surface area contributed by atoms with Crippen molar-refractivity contribution in [2.45, 2.75) is 55.2 Å². The summed E-state index contributed by atoms with van der Waals surface area (Å²) in [7, 11) is -3.31. The third-order valence-corrected chi connectivity index (χ3v) is 9.05. The van der Waals surface area contributed by atoms with E-state index >= 15 is 0 Å². The Bertz CT molecular complexity index is 1390. The van der Waals surface area contributed by atoms with Crippen LogP contribution in [-0.2, 0) is 9.84 Å². The molecule has 0 spiro atoms. The molecule has 31 heavy (non-hydrogen) atoms. The molecule has 5 rings (SSSR count). The number of H-pyrrole nitrogens is 1. The van der Waals surface area contributed by atoms with Crippen LogP contribution in [0.1, 0.15) is 50.6 Å². The largest absolute Gasteiger partial charge is 0.338 e. The maximum atomic E-state index is 12.6. The molecule has 3 atom stereocenters. The molecular formula is C22H23N5O3S. The van der Waals surface area contributed by atoms with Gasteiger partial charge in [0.05, 0.1) is 34.2 Å². The zero-order chi connectivity index (χ0) is 21.9. The summed E-state index contributed by atoms with van der Waals surface area (Å²) in [5, 5.41) is 17.2. The maximum absolute atomic E-state index is 12.6. The van der Waals surface area contributed by atoms with Crippen LogP contribution in [-0.4, -0.2) is 28.4 Å². The molecule has 3 aromatic rings. The third kappa shape index (κ3) is 3.05. The van der Waals surface area contributed by atoms with Gasteiger partial charge in [-0.15, -0.1) is 0 Å². The number of aromatic amines is 1. The SMILES string of the molecule is C[C@H]1c2cc(Nc3nn(C(CC#N)C4CC4)c4cc[nH]c(=O)c34)ccc2S(=O)(=O)[C@H]1C. The molecule has 0 radical (unpaired) electrons. The Balaban J connectivity index is 1.60. The van der Waals surface area contributed by atoms with Crippen LogP contribution in [0.4, 0.5) is 11.5 Å². The highest BCUT2D eigenvalue weighted by Crippen LogP contribution is 2.44. The minimum Gasteiger partial charge on any atom is -0.338 e. The van der Waals surface area contributed by atoms with Gasteiger partial charge < -0.3 is 10.3 Å². The summed E-state index contributed by atoms with van der Waals surface area (Å²) in [6, 6.07) is 9.14. The number of hydrogen-bond donors (Lipinski definition) is 2. The van der Waals surface area contributed by atoms with Gasteiger partial charge in [-0.2, -0.15) is 10.4 Å². The van der Waals surface area contributed by atoms with Gasteiger partial charge in [-0.25, -0.2) is 8.42 Å². The monoisotopic (exact) mass is 437 g/mol. The van der Waals surface area contributed by atoms with E-state index in [9.17, 15) is 18.5 Å². The Labute approximate surface area is 179 Å². The van der Waals surface area contributed by atoms with Crippen molar-refractivity contribution in [1.82, 2.24) is 14.8 Å². The first-order valence-corrected chi connectivity index (χ1v) is 12.0. The average Bonchev–Trinajstić information content (AvgIpc) is 3.50. The van der Waals surface area contributed by atoms with Crippen LogP contribution in [0, 0.1) is 17.2 Å². The molecule has 0 bridgehead atoms. The number of nitrogens with one attached hydrogen (secondary N) is 2. The van der Waals surface area contributed by atoms with E-state index in [0.717, 1.165) is 18.4 Å². The molecule has 2 aromatic heterocycles. The molecule has 1 saturated carbocycles. The molecular weight excluding hydrogens is 414 g/mol. The third-order valence-electron chi connectivity index (χ3n) is 6.67. The fourth-order valence-electron chi connectivity index (χ4n) is 4.57. The second kappa shape index (κ2) is 6.95. The summed E-state index contributed by atoms with van der Waals surface area (Å²) in [6.45, 7) is 3.64. The Hall–Kier alpha value is -3.12. The molecule has 8 nitrogen and oxygen atoms in total. The molecule has 0 saturated heterocycles. The van der Waals surface area contributed by atoms with Gasteiger partial charge in [0.2, 0.25) is 0 Å². The predicted molar refractivity (Wildman–Crippen MR) is 117 cm³/mol. The van der Waals surface area contributed by atoms with Crippen LogP contribution >= 0.6 is 0 Å². The number of hydrogen-bond acceptors (Lipinski definition) is 6. The molecule has 2 aliphatic rings. The highest BCUT2D eigenvalue weighted by Gasteiger charge is 2.39. The first-order chi connectivity index (χ1) is 14.8. The Morgan fingerprint density at radius 3 is 2.81 bits per heavy atom. The first kappa shape index (κ1) is 19.8. The Kier molecular flexibility index (Phi) is 4.45. The summed E-state index contributed by atoms with van der Waals surface area (Å²) in [5.74, 6) is 0.679. The summed E-state index contributed by atoms with van der Waals surface area (Å²) in [5.41, 5.74) is 1.87. The van der Waals surface area contributed by atoms with Crippen molar-refractivity contribution >= 4 is 32.2 Å².